The Balaban J connectivity index is 1.30. The van der Waals surface area contributed by atoms with Gasteiger partial charge in [-0.05, 0) is 86.4 Å². The highest BCUT2D eigenvalue weighted by Crippen LogP contribution is 2.31. The number of rotatable bonds is 6. The second kappa shape index (κ2) is 11.5. The number of amides is 1. The SMILES string of the molecule is Cc1cc(C)c(C(=O)N2CCN(c3ccccc3)[C@H](CO)C2)c(C)c1CC1CCN(c2ccncn2)CC1. The molecule has 0 unspecified atom stereocenters. The van der Waals surface area contributed by atoms with Crippen LogP contribution in [0.5, 0.6) is 0 Å². The molecule has 7 heteroatoms. The molecule has 38 heavy (non-hydrogen) atoms. The van der Waals surface area contributed by atoms with Crippen molar-refractivity contribution in [3.05, 3.63) is 82.8 Å². The zero-order valence-corrected chi connectivity index (χ0v) is 22.8. The molecule has 3 aromatic rings. The first kappa shape index (κ1) is 26.2. The summed E-state index contributed by atoms with van der Waals surface area (Å²) in [5.41, 5.74) is 6.69. The summed E-state index contributed by atoms with van der Waals surface area (Å²) in [6.07, 6.45) is 6.63. The number of aromatic nitrogens is 2. The largest absolute Gasteiger partial charge is 0.394 e. The highest BCUT2D eigenvalue weighted by atomic mass is 16.3. The molecule has 2 aliphatic rings. The van der Waals surface area contributed by atoms with Crippen LogP contribution < -0.4 is 9.80 Å². The molecule has 0 spiro atoms. The summed E-state index contributed by atoms with van der Waals surface area (Å²) in [5, 5.41) is 10.2. The standard InChI is InChI=1S/C31H39N5O2/c1-22-17-23(2)30(31(38)35-15-16-36(27(19-35)20-37)26-7-5-4-6-8-26)24(3)28(22)18-25-10-13-34(14-11-25)29-9-12-32-21-33-29/h4-9,12,17,21,25,27,37H,10-11,13-16,18-20H2,1-3H3/t27-/m0/s1. The van der Waals surface area contributed by atoms with Gasteiger partial charge in [0.1, 0.15) is 12.1 Å². The summed E-state index contributed by atoms with van der Waals surface area (Å²) >= 11 is 0. The van der Waals surface area contributed by atoms with E-state index in [2.05, 4.69) is 58.7 Å². The average molecular weight is 514 g/mol. The Morgan fingerprint density at radius 3 is 2.45 bits per heavy atom. The number of nitrogens with zero attached hydrogens (tertiary/aromatic N) is 5. The maximum absolute atomic E-state index is 13.9. The fourth-order valence-corrected chi connectivity index (χ4v) is 6.31. The van der Waals surface area contributed by atoms with E-state index in [1.807, 2.05) is 29.2 Å². The van der Waals surface area contributed by atoms with Crippen LogP contribution >= 0.6 is 0 Å². The topological polar surface area (TPSA) is 72.8 Å². The van der Waals surface area contributed by atoms with Crippen LogP contribution in [0.1, 0.15) is 45.5 Å². The number of anilines is 2. The van der Waals surface area contributed by atoms with Gasteiger partial charge in [0.15, 0.2) is 0 Å². The number of hydrogen-bond donors (Lipinski definition) is 1. The van der Waals surface area contributed by atoms with Crippen molar-refractivity contribution in [2.45, 2.75) is 46.1 Å². The smallest absolute Gasteiger partial charge is 0.254 e. The summed E-state index contributed by atoms with van der Waals surface area (Å²) in [7, 11) is 0. The normalized spacial score (nSPS) is 18.6. The van der Waals surface area contributed by atoms with Gasteiger partial charge in [0.05, 0.1) is 12.6 Å². The van der Waals surface area contributed by atoms with Crippen LogP contribution in [0.25, 0.3) is 0 Å². The molecule has 1 atom stereocenters. The molecule has 0 bridgehead atoms. The Labute approximate surface area is 226 Å². The number of piperidine rings is 1. The van der Waals surface area contributed by atoms with Crippen LogP contribution in [0, 0.1) is 26.7 Å². The minimum absolute atomic E-state index is 0.0174. The molecular formula is C31H39N5O2. The number of carbonyl (C=O) groups excluding carboxylic acids is 1. The maximum atomic E-state index is 13.9. The zero-order chi connectivity index (χ0) is 26.6. The summed E-state index contributed by atoms with van der Waals surface area (Å²) in [6, 6.07) is 14.2. The minimum Gasteiger partial charge on any atom is -0.394 e. The third-order valence-electron chi connectivity index (χ3n) is 8.41. The van der Waals surface area contributed by atoms with Gasteiger partial charge in [0.25, 0.3) is 5.91 Å². The van der Waals surface area contributed by atoms with Gasteiger partial charge in [0, 0.05) is 50.2 Å². The first-order chi connectivity index (χ1) is 18.5. The van der Waals surface area contributed by atoms with Crippen LogP contribution in [0.4, 0.5) is 11.5 Å². The van der Waals surface area contributed by atoms with Crippen molar-refractivity contribution in [2.75, 3.05) is 49.1 Å². The number of aliphatic hydroxyl groups is 1. The Hall–Kier alpha value is -3.45. The van der Waals surface area contributed by atoms with Gasteiger partial charge in [0.2, 0.25) is 0 Å². The maximum Gasteiger partial charge on any atom is 0.254 e. The number of carbonyl (C=O) groups is 1. The van der Waals surface area contributed by atoms with E-state index >= 15 is 0 Å². The van der Waals surface area contributed by atoms with Crippen LogP contribution in [-0.4, -0.2) is 71.3 Å². The van der Waals surface area contributed by atoms with Crippen LogP contribution in [-0.2, 0) is 6.42 Å². The number of piperazine rings is 1. The summed E-state index contributed by atoms with van der Waals surface area (Å²) < 4.78 is 0. The highest BCUT2D eigenvalue weighted by molar-refractivity contribution is 5.97. The second-order valence-electron chi connectivity index (χ2n) is 10.8. The van der Waals surface area contributed by atoms with E-state index in [9.17, 15) is 9.90 Å². The molecule has 1 N–H and O–H groups in total. The quantitative estimate of drug-likeness (QED) is 0.533. The molecule has 0 saturated carbocycles. The van der Waals surface area contributed by atoms with Gasteiger partial charge in [-0.3, -0.25) is 4.79 Å². The number of benzene rings is 2. The van der Waals surface area contributed by atoms with Crippen molar-refractivity contribution < 1.29 is 9.90 Å². The minimum atomic E-state index is -0.110. The van der Waals surface area contributed by atoms with Gasteiger partial charge in [-0.15, -0.1) is 0 Å². The van der Waals surface area contributed by atoms with Gasteiger partial charge in [-0.2, -0.15) is 0 Å². The second-order valence-corrected chi connectivity index (χ2v) is 10.8. The van der Waals surface area contributed by atoms with Gasteiger partial charge < -0.3 is 19.8 Å². The lowest BCUT2D eigenvalue weighted by atomic mass is 9.84. The van der Waals surface area contributed by atoms with Crippen molar-refractivity contribution >= 4 is 17.4 Å². The van der Waals surface area contributed by atoms with E-state index in [4.69, 9.17) is 0 Å². The summed E-state index contributed by atoms with van der Waals surface area (Å²) in [6.45, 7) is 10.2. The average Bonchev–Trinajstić information content (AvgIpc) is 2.96. The Bertz CT molecular complexity index is 1240. The van der Waals surface area contributed by atoms with Crippen LogP contribution in [0.3, 0.4) is 0 Å². The molecular weight excluding hydrogens is 474 g/mol. The Morgan fingerprint density at radius 1 is 1.00 bits per heavy atom. The first-order valence-electron chi connectivity index (χ1n) is 13.8. The molecule has 0 aliphatic carbocycles. The summed E-state index contributed by atoms with van der Waals surface area (Å²) in [4.78, 5) is 28.9. The Morgan fingerprint density at radius 2 is 1.76 bits per heavy atom. The van der Waals surface area contributed by atoms with E-state index in [1.165, 1.54) is 11.1 Å². The predicted octanol–water partition coefficient (Wildman–Crippen LogP) is 4.18. The molecule has 3 heterocycles. The first-order valence-corrected chi connectivity index (χ1v) is 13.8. The third kappa shape index (κ3) is 5.39. The number of aliphatic hydroxyl groups excluding tert-OH is 1. The zero-order valence-electron chi connectivity index (χ0n) is 22.8. The molecule has 1 aromatic heterocycles. The lowest BCUT2D eigenvalue weighted by molar-refractivity contribution is 0.0697. The fourth-order valence-electron chi connectivity index (χ4n) is 6.31. The molecule has 5 rings (SSSR count). The van der Waals surface area contributed by atoms with Crippen molar-refractivity contribution in [1.29, 1.82) is 0 Å². The number of aryl methyl sites for hydroxylation is 2. The van der Waals surface area contributed by atoms with Crippen LogP contribution in [0.2, 0.25) is 0 Å². The highest BCUT2D eigenvalue weighted by Gasteiger charge is 2.32. The van der Waals surface area contributed by atoms with E-state index in [-0.39, 0.29) is 18.6 Å². The Kier molecular flexibility index (Phi) is 7.93. The lowest BCUT2D eigenvalue weighted by Crippen LogP contribution is -2.56. The molecule has 0 radical (unpaired) electrons. The fraction of sp³-hybridized carbons (Fsp3) is 0.452. The van der Waals surface area contributed by atoms with Crippen molar-refractivity contribution in [1.82, 2.24) is 14.9 Å². The molecule has 2 fully saturated rings. The van der Waals surface area contributed by atoms with Gasteiger partial charge in [-0.1, -0.05) is 24.3 Å². The van der Waals surface area contributed by atoms with E-state index in [1.54, 1.807) is 12.5 Å². The third-order valence-corrected chi connectivity index (χ3v) is 8.41. The molecule has 200 valence electrons. The van der Waals surface area contributed by atoms with Crippen molar-refractivity contribution in [3.8, 4) is 0 Å². The van der Waals surface area contributed by atoms with Crippen LogP contribution in [0.15, 0.2) is 55.0 Å². The molecule has 2 saturated heterocycles. The van der Waals surface area contributed by atoms with Crippen molar-refractivity contribution in [3.63, 3.8) is 0 Å². The predicted molar refractivity (Wildman–Crippen MR) is 152 cm³/mol. The van der Waals surface area contributed by atoms with Crippen molar-refractivity contribution in [2.24, 2.45) is 5.92 Å². The molecule has 1 amide bonds. The molecule has 7 nitrogen and oxygen atoms in total. The lowest BCUT2D eigenvalue weighted by Gasteiger charge is -2.42. The molecule has 2 aliphatic heterocycles. The van der Waals surface area contributed by atoms with E-state index in [0.29, 0.717) is 25.6 Å². The summed E-state index contributed by atoms with van der Waals surface area (Å²) in [5.74, 6) is 1.68. The number of para-hydroxylation sites is 1. The van der Waals surface area contributed by atoms with Gasteiger partial charge in [-0.25, -0.2) is 9.97 Å². The van der Waals surface area contributed by atoms with E-state index < -0.39 is 0 Å². The molecule has 2 aromatic carbocycles. The number of hydrogen-bond acceptors (Lipinski definition) is 6. The van der Waals surface area contributed by atoms with Gasteiger partial charge >= 0.3 is 0 Å². The monoisotopic (exact) mass is 513 g/mol. The van der Waals surface area contributed by atoms with E-state index in [0.717, 1.165) is 60.5 Å².